The van der Waals surface area contributed by atoms with Gasteiger partial charge < -0.3 is 109 Å². The van der Waals surface area contributed by atoms with Crippen molar-refractivity contribution in [1.82, 2.24) is 5.32 Å². The molecule has 1 amide bonds. The van der Waals surface area contributed by atoms with Gasteiger partial charge in [-0.3, -0.25) is 9.59 Å². The van der Waals surface area contributed by atoms with Crippen LogP contribution in [0, 0.1) is 5.92 Å². The minimum Gasteiger partial charge on any atom is -0.410 e. The number of hydrogen-bond acceptors (Lipinski definition) is 23. The molecule has 0 radical (unpaired) electrons. The second-order valence-corrected chi connectivity index (χ2v) is 14.7. The molecule has 13 N–H and O–H groups in total. The van der Waals surface area contributed by atoms with E-state index in [1.807, 2.05) is 0 Å². The first-order valence-electron chi connectivity index (χ1n) is 18.4. The van der Waals surface area contributed by atoms with E-state index in [9.17, 15) is 70.9 Å². The van der Waals surface area contributed by atoms with E-state index in [-0.39, 0.29) is 6.47 Å². The van der Waals surface area contributed by atoms with Crippen LogP contribution in [-0.4, -0.2) is 229 Å². The summed E-state index contributed by atoms with van der Waals surface area (Å²) in [6, 6.07) is -1.60. The molecule has 19 unspecified atom stereocenters. The highest BCUT2D eigenvalue weighted by Crippen LogP contribution is 2.41. The fraction of sp³-hybridized carbons (Fsp3) is 0.939. The average molecular weight is 836 g/mol. The van der Waals surface area contributed by atoms with Gasteiger partial charge in [-0.1, -0.05) is 6.92 Å². The lowest BCUT2D eigenvalue weighted by Crippen LogP contribution is -2.70. The van der Waals surface area contributed by atoms with Gasteiger partial charge in [-0.25, -0.2) is 0 Å². The van der Waals surface area contributed by atoms with Gasteiger partial charge in [-0.2, -0.15) is 0 Å². The predicted molar refractivity (Wildman–Crippen MR) is 179 cm³/mol. The van der Waals surface area contributed by atoms with E-state index in [1.165, 1.54) is 6.92 Å². The van der Waals surface area contributed by atoms with Crippen molar-refractivity contribution in [3.8, 4) is 0 Å². The zero-order valence-electron chi connectivity index (χ0n) is 31.6. The summed E-state index contributed by atoms with van der Waals surface area (Å²) in [5.41, 5.74) is 0. The van der Waals surface area contributed by atoms with E-state index in [4.69, 9.17) is 42.6 Å². The Balaban J connectivity index is 1.77. The van der Waals surface area contributed by atoms with E-state index in [0.29, 0.717) is 0 Å². The Kier molecular flexibility index (Phi) is 17.3. The summed E-state index contributed by atoms with van der Waals surface area (Å²) in [5, 5.41) is 130. The first kappa shape index (κ1) is 47.8. The number of rotatable bonds is 17. The Labute approximate surface area is 326 Å². The molecule has 24 heteroatoms. The van der Waals surface area contributed by atoms with Gasteiger partial charge in [0.15, 0.2) is 18.9 Å². The number of aliphatic hydroxyl groups excluding tert-OH is 12. The van der Waals surface area contributed by atoms with Crippen molar-refractivity contribution in [2.24, 2.45) is 5.92 Å². The van der Waals surface area contributed by atoms with E-state index in [1.54, 1.807) is 13.8 Å². The molecule has 24 nitrogen and oxygen atoms in total. The van der Waals surface area contributed by atoms with Crippen molar-refractivity contribution in [2.75, 3.05) is 26.4 Å². The number of amides is 1. The third-order valence-electron chi connectivity index (χ3n) is 10.2. The average Bonchev–Trinajstić information content (AvgIpc) is 3.16. The summed E-state index contributed by atoms with van der Waals surface area (Å²) in [4.78, 5) is 24.1. The first-order chi connectivity index (χ1) is 26.9. The fourth-order valence-electron chi connectivity index (χ4n) is 7.14. The maximum Gasteiger partial charge on any atom is 0.332 e. The monoisotopic (exact) mass is 835 g/mol. The molecule has 4 rings (SSSR count). The summed E-state index contributed by atoms with van der Waals surface area (Å²) in [5.74, 6) is -4.54. The molecule has 4 heterocycles. The number of hydrogen-bond donors (Lipinski definition) is 13. The Bertz CT molecular complexity index is 1270. The lowest BCUT2D eigenvalue weighted by Gasteiger charge is -2.52. The minimum absolute atomic E-state index is 0.174. The molecule has 0 aromatic heterocycles. The Morgan fingerprint density at radius 3 is 1.93 bits per heavy atom. The SMILES string of the molecule is CC(=O)NC1C(OC2C(CO)OC(OC3C(CO)OC(OC(C)C)C(O)C3O)C(O)C2OC2(OC=O)CC(O)C(C)C([C@H](O)[C@H](O)CO)O2)OC(CO)C(O)C1O. The largest absolute Gasteiger partial charge is 0.410 e. The van der Waals surface area contributed by atoms with Crippen LogP contribution in [-0.2, 0) is 52.2 Å². The lowest BCUT2D eigenvalue weighted by atomic mass is 9.86. The number of carbonyl (C=O) groups is 2. The standard InChI is InChI=1S/C33H57NO23/c1-11(2)50-31-24(47)23(46)27(17(8-37)52-31)54-32-25(48)29(57-33(49-10-39)5-14(41)12(3)26(56-33)20(43)15(42)6-35)28(18(9-38)53-32)55-30-19(34-13(4)40)22(45)21(44)16(7-36)51-30/h10-12,14-32,35-38,41-48H,5-9H2,1-4H3,(H,34,40)/t12?,14?,15-,16?,17?,18?,19?,20-,21?,22?,23?,24?,25?,26?,27?,28?,29?,30?,31?,32?,33?/m1/s1. The first-order valence-corrected chi connectivity index (χ1v) is 18.4. The molecule has 332 valence electrons. The third-order valence-corrected chi connectivity index (χ3v) is 10.2. The predicted octanol–water partition coefficient (Wildman–Crippen LogP) is -7.65. The van der Waals surface area contributed by atoms with Crippen molar-refractivity contribution >= 4 is 12.4 Å². The minimum atomic E-state index is -2.78. The lowest BCUT2D eigenvalue weighted by molar-refractivity contribution is -0.454. The van der Waals surface area contributed by atoms with Crippen LogP contribution in [0.15, 0.2) is 0 Å². The van der Waals surface area contributed by atoms with Gasteiger partial charge in [-0.15, -0.1) is 0 Å². The van der Waals surface area contributed by atoms with E-state index in [2.05, 4.69) is 5.32 Å². The smallest absolute Gasteiger partial charge is 0.332 e. The maximum absolute atomic E-state index is 12.2. The van der Waals surface area contributed by atoms with E-state index >= 15 is 0 Å². The zero-order chi connectivity index (χ0) is 42.5. The highest BCUT2D eigenvalue weighted by atomic mass is 16.9. The van der Waals surface area contributed by atoms with Crippen LogP contribution in [0.3, 0.4) is 0 Å². The normalized spacial score (nSPS) is 45.3. The molecule has 4 fully saturated rings. The molecule has 0 saturated carbocycles. The van der Waals surface area contributed by atoms with E-state index < -0.39 is 173 Å². The molecule has 0 bridgehead atoms. The molecule has 4 aliphatic rings. The highest BCUT2D eigenvalue weighted by molar-refractivity contribution is 5.73. The van der Waals surface area contributed by atoms with Crippen LogP contribution in [0.5, 0.6) is 0 Å². The van der Waals surface area contributed by atoms with Gasteiger partial charge in [0.1, 0.15) is 85.4 Å². The van der Waals surface area contributed by atoms with Crippen molar-refractivity contribution in [1.29, 1.82) is 0 Å². The van der Waals surface area contributed by atoms with E-state index in [0.717, 1.165) is 6.92 Å². The molecule has 0 aliphatic carbocycles. The Hall–Kier alpha value is -1.86. The maximum atomic E-state index is 12.2. The topological polar surface area (TPSA) is 372 Å². The molecule has 57 heavy (non-hydrogen) atoms. The van der Waals surface area contributed by atoms with Crippen LogP contribution in [0.1, 0.15) is 34.1 Å². The van der Waals surface area contributed by atoms with Crippen LogP contribution < -0.4 is 5.32 Å². The molecular weight excluding hydrogens is 778 g/mol. The summed E-state index contributed by atoms with van der Waals surface area (Å²) < 4.78 is 51.8. The third kappa shape index (κ3) is 10.7. The second kappa shape index (κ2) is 20.6. The van der Waals surface area contributed by atoms with Crippen molar-refractivity contribution in [3.63, 3.8) is 0 Å². The van der Waals surface area contributed by atoms with Crippen LogP contribution in [0.4, 0.5) is 0 Å². The van der Waals surface area contributed by atoms with Crippen LogP contribution >= 0.6 is 0 Å². The highest BCUT2D eigenvalue weighted by Gasteiger charge is 2.59. The molecular formula is C33H57NO23. The molecule has 0 aromatic rings. The number of carbonyl (C=O) groups excluding carboxylic acids is 2. The summed E-state index contributed by atoms with van der Waals surface area (Å²) >= 11 is 0. The van der Waals surface area contributed by atoms with Crippen LogP contribution in [0.25, 0.3) is 0 Å². The zero-order valence-corrected chi connectivity index (χ0v) is 31.6. The van der Waals surface area contributed by atoms with Crippen LogP contribution in [0.2, 0.25) is 0 Å². The fourth-order valence-corrected chi connectivity index (χ4v) is 7.14. The Morgan fingerprint density at radius 2 is 1.37 bits per heavy atom. The Morgan fingerprint density at radius 1 is 0.789 bits per heavy atom. The summed E-state index contributed by atoms with van der Waals surface area (Å²) in [6.07, 6.45) is -33.2. The summed E-state index contributed by atoms with van der Waals surface area (Å²) in [7, 11) is 0. The van der Waals surface area contributed by atoms with Gasteiger partial charge >= 0.3 is 5.97 Å². The number of aliphatic hydroxyl groups is 12. The molecule has 0 spiro atoms. The molecule has 4 aliphatic heterocycles. The van der Waals surface area contributed by atoms with Gasteiger partial charge in [-0.05, 0) is 13.8 Å². The van der Waals surface area contributed by atoms with Crippen molar-refractivity contribution < 1.29 is 113 Å². The van der Waals surface area contributed by atoms with Gasteiger partial charge in [0.25, 0.3) is 6.47 Å². The molecule has 21 atom stereocenters. The summed E-state index contributed by atoms with van der Waals surface area (Å²) in [6.45, 7) is 1.86. The van der Waals surface area contributed by atoms with Gasteiger partial charge in [0.05, 0.1) is 51.2 Å². The quantitative estimate of drug-likeness (QED) is 0.0478. The molecule has 4 saturated heterocycles. The van der Waals surface area contributed by atoms with Crippen molar-refractivity contribution in [2.45, 2.75) is 163 Å². The number of nitrogens with one attached hydrogen (secondary N) is 1. The van der Waals surface area contributed by atoms with Gasteiger partial charge in [0, 0.05) is 12.8 Å². The number of ether oxygens (including phenoxy) is 9. The molecule has 0 aromatic carbocycles. The van der Waals surface area contributed by atoms with Crippen molar-refractivity contribution in [3.05, 3.63) is 0 Å². The second-order valence-electron chi connectivity index (χ2n) is 14.7. The van der Waals surface area contributed by atoms with Gasteiger partial charge in [0.2, 0.25) is 5.91 Å².